The average Bonchev–Trinajstić information content (AvgIpc) is 2.79. The summed E-state index contributed by atoms with van der Waals surface area (Å²) in [6, 6.07) is 5.76. The number of nitrogens with zero attached hydrogens (tertiary/aromatic N) is 2. The number of aryl methyl sites for hydroxylation is 1. The van der Waals surface area contributed by atoms with Crippen LogP contribution in [0.15, 0.2) is 30.6 Å². The van der Waals surface area contributed by atoms with E-state index in [0.29, 0.717) is 10.0 Å². The fraction of sp³-hybridized carbons (Fsp3) is 0.357. The van der Waals surface area contributed by atoms with Crippen LogP contribution in [0.1, 0.15) is 24.1 Å². The highest BCUT2D eigenvalue weighted by Gasteiger charge is 2.16. The summed E-state index contributed by atoms with van der Waals surface area (Å²) in [5.74, 6) is 0. The summed E-state index contributed by atoms with van der Waals surface area (Å²) in [4.78, 5) is 0. The van der Waals surface area contributed by atoms with E-state index in [1.807, 2.05) is 37.6 Å². The van der Waals surface area contributed by atoms with E-state index in [1.165, 1.54) is 0 Å². The molecule has 19 heavy (non-hydrogen) atoms. The third-order valence-corrected chi connectivity index (χ3v) is 3.76. The normalized spacial score (nSPS) is 12.6. The lowest BCUT2D eigenvalue weighted by atomic mass is 10.0. The highest BCUT2D eigenvalue weighted by atomic mass is 35.5. The summed E-state index contributed by atoms with van der Waals surface area (Å²) >= 11 is 12.5. The molecule has 0 aliphatic carbocycles. The first-order valence-electron chi connectivity index (χ1n) is 6.26. The molecular weight excluding hydrogens is 281 g/mol. The van der Waals surface area contributed by atoms with Crippen molar-refractivity contribution in [2.24, 2.45) is 7.05 Å². The number of likely N-dealkylation sites (N-methyl/N-ethyl adjacent to an activating group) is 1. The van der Waals surface area contributed by atoms with Gasteiger partial charge in [0.25, 0.3) is 0 Å². The molecule has 1 unspecified atom stereocenters. The molecular formula is C14H17Cl2N3. The number of hydrogen-bond donors (Lipinski definition) is 1. The Kier molecular flexibility index (Phi) is 4.86. The van der Waals surface area contributed by atoms with Gasteiger partial charge in [0, 0.05) is 34.9 Å². The molecule has 0 spiro atoms. The van der Waals surface area contributed by atoms with E-state index in [2.05, 4.69) is 17.3 Å². The van der Waals surface area contributed by atoms with Gasteiger partial charge in [-0.25, -0.2) is 0 Å². The standard InChI is InChI=1S/C14H17Cl2N3/c1-3-17-14(10-8-18-19(2)9-10)7-11-12(15)5-4-6-13(11)16/h4-6,8-9,14,17H,3,7H2,1-2H3. The Morgan fingerprint density at radius 2 is 2.00 bits per heavy atom. The highest BCUT2D eigenvalue weighted by Crippen LogP contribution is 2.29. The number of rotatable bonds is 5. The molecule has 1 heterocycles. The van der Waals surface area contributed by atoms with Crippen LogP contribution in [0.2, 0.25) is 10.0 Å². The topological polar surface area (TPSA) is 29.9 Å². The minimum absolute atomic E-state index is 0.163. The minimum atomic E-state index is 0.163. The van der Waals surface area contributed by atoms with Gasteiger partial charge in [-0.3, -0.25) is 4.68 Å². The zero-order chi connectivity index (χ0) is 13.8. The van der Waals surface area contributed by atoms with Crippen molar-refractivity contribution >= 4 is 23.2 Å². The Balaban J connectivity index is 2.26. The van der Waals surface area contributed by atoms with Crippen molar-refractivity contribution in [2.45, 2.75) is 19.4 Å². The van der Waals surface area contributed by atoms with Gasteiger partial charge in [-0.15, -0.1) is 0 Å². The van der Waals surface area contributed by atoms with Crippen molar-refractivity contribution in [1.82, 2.24) is 15.1 Å². The molecule has 1 N–H and O–H groups in total. The van der Waals surface area contributed by atoms with E-state index in [0.717, 1.165) is 24.1 Å². The molecule has 0 fully saturated rings. The lowest BCUT2D eigenvalue weighted by molar-refractivity contribution is 0.549. The zero-order valence-corrected chi connectivity index (χ0v) is 12.5. The van der Waals surface area contributed by atoms with Crippen LogP contribution in [0.4, 0.5) is 0 Å². The second-order valence-electron chi connectivity index (χ2n) is 4.46. The highest BCUT2D eigenvalue weighted by molar-refractivity contribution is 6.36. The maximum absolute atomic E-state index is 6.23. The van der Waals surface area contributed by atoms with Crippen molar-refractivity contribution in [3.8, 4) is 0 Å². The summed E-state index contributed by atoms with van der Waals surface area (Å²) in [7, 11) is 1.91. The molecule has 5 heteroatoms. The van der Waals surface area contributed by atoms with Crippen LogP contribution in [0, 0.1) is 0 Å². The summed E-state index contributed by atoms with van der Waals surface area (Å²) < 4.78 is 1.80. The second-order valence-corrected chi connectivity index (χ2v) is 5.28. The first-order chi connectivity index (χ1) is 9.11. The van der Waals surface area contributed by atoms with Crippen molar-refractivity contribution in [2.75, 3.05) is 6.54 Å². The molecule has 102 valence electrons. The predicted octanol–water partition coefficient (Wildman–Crippen LogP) is 3.62. The minimum Gasteiger partial charge on any atom is -0.310 e. The van der Waals surface area contributed by atoms with Gasteiger partial charge in [0.2, 0.25) is 0 Å². The fourth-order valence-corrected chi connectivity index (χ4v) is 2.66. The van der Waals surface area contributed by atoms with E-state index in [9.17, 15) is 0 Å². The van der Waals surface area contributed by atoms with Crippen LogP contribution in [0.25, 0.3) is 0 Å². The molecule has 0 aliphatic heterocycles. The Hall–Kier alpha value is -1.03. The van der Waals surface area contributed by atoms with Gasteiger partial charge in [-0.1, -0.05) is 36.2 Å². The zero-order valence-electron chi connectivity index (χ0n) is 11.0. The van der Waals surface area contributed by atoms with Crippen molar-refractivity contribution < 1.29 is 0 Å². The SMILES string of the molecule is CCNC(Cc1c(Cl)cccc1Cl)c1cnn(C)c1. The van der Waals surface area contributed by atoms with Gasteiger partial charge in [0.15, 0.2) is 0 Å². The Morgan fingerprint density at radius 3 is 2.53 bits per heavy atom. The maximum Gasteiger partial charge on any atom is 0.0537 e. The summed E-state index contributed by atoms with van der Waals surface area (Å²) in [5.41, 5.74) is 2.11. The number of aromatic nitrogens is 2. The van der Waals surface area contributed by atoms with Gasteiger partial charge in [-0.05, 0) is 30.7 Å². The van der Waals surface area contributed by atoms with Crippen molar-refractivity contribution in [3.63, 3.8) is 0 Å². The predicted molar refractivity (Wildman–Crippen MR) is 79.8 cm³/mol. The number of hydrogen-bond acceptors (Lipinski definition) is 2. The molecule has 0 bridgehead atoms. The Bertz CT molecular complexity index is 531. The van der Waals surface area contributed by atoms with E-state index in [-0.39, 0.29) is 6.04 Å². The molecule has 1 aromatic carbocycles. The first-order valence-corrected chi connectivity index (χ1v) is 7.02. The third kappa shape index (κ3) is 3.50. The van der Waals surface area contributed by atoms with Crippen LogP contribution in [-0.2, 0) is 13.5 Å². The molecule has 3 nitrogen and oxygen atoms in total. The van der Waals surface area contributed by atoms with E-state index in [1.54, 1.807) is 4.68 Å². The Labute approximate surface area is 123 Å². The van der Waals surface area contributed by atoms with Gasteiger partial charge in [0.05, 0.1) is 6.20 Å². The Morgan fingerprint density at radius 1 is 1.32 bits per heavy atom. The summed E-state index contributed by atoms with van der Waals surface area (Å²) in [6.07, 6.45) is 4.63. The average molecular weight is 298 g/mol. The molecule has 1 atom stereocenters. The molecule has 1 aromatic heterocycles. The monoisotopic (exact) mass is 297 g/mol. The van der Waals surface area contributed by atoms with Crippen molar-refractivity contribution in [3.05, 3.63) is 51.8 Å². The van der Waals surface area contributed by atoms with Gasteiger partial charge < -0.3 is 5.32 Å². The second kappa shape index (κ2) is 6.42. The largest absolute Gasteiger partial charge is 0.310 e. The van der Waals surface area contributed by atoms with Gasteiger partial charge >= 0.3 is 0 Å². The molecule has 0 aliphatic rings. The van der Waals surface area contributed by atoms with Crippen LogP contribution < -0.4 is 5.32 Å². The molecule has 0 saturated carbocycles. The maximum atomic E-state index is 6.23. The molecule has 2 rings (SSSR count). The number of halogens is 2. The molecule has 0 saturated heterocycles. The van der Waals surface area contributed by atoms with Crippen LogP contribution in [-0.4, -0.2) is 16.3 Å². The lowest BCUT2D eigenvalue weighted by Gasteiger charge is -2.18. The van der Waals surface area contributed by atoms with Gasteiger partial charge in [0.1, 0.15) is 0 Å². The van der Waals surface area contributed by atoms with Crippen molar-refractivity contribution in [1.29, 1.82) is 0 Å². The molecule has 0 radical (unpaired) electrons. The molecule has 0 amide bonds. The van der Waals surface area contributed by atoms with E-state index in [4.69, 9.17) is 23.2 Å². The van der Waals surface area contributed by atoms with E-state index >= 15 is 0 Å². The lowest BCUT2D eigenvalue weighted by Crippen LogP contribution is -2.22. The van der Waals surface area contributed by atoms with Crippen LogP contribution in [0.3, 0.4) is 0 Å². The smallest absolute Gasteiger partial charge is 0.0537 e. The van der Waals surface area contributed by atoms with Crippen LogP contribution >= 0.6 is 23.2 Å². The first kappa shape index (κ1) is 14.4. The molecule has 2 aromatic rings. The number of nitrogens with one attached hydrogen (secondary N) is 1. The van der Waals surface area contributed by atoms with Gasteiger partial charge in [-0.2, -0.15) is 5.10 Å². The number of benzene rings is 1. The fourth-order valence-electron chi connectivity index (χ4n) is 2.11. The quantitative estimate of drug-likeness (QED) is 0.913. The van der Waals surface area contributed by atoms with Crippen LogP contribution in [0.5, 0.6) is 0 Å². The summed E-state index contributed by atoms with van der Waals surface area (Å²) in [6.45, 7) is 2.96. The summed E-state index contributed by atoms with van der Waals surface area (Å²) in [5, 5.41) is 9.08. The van der Waals surface area contributed by atoms with E-state index < -0.39 is 0 Å². The third-order valence-electron chi connectivity index (χ3n) is 3.05.